The lowest BCUT2D eigenvalue weighted by atomic mass is 10.1. The van der Waals surface area contributed by atoms with Crippen LogP contribution in [0.5, 0.6) is 0 Å². The second-order valence-corrected chi connectivity index (χ2v) is 6.73. The summed E-state index contributed by atoms with van der Waals surface area (Å²) < 4.78 is 1.85. The molecule has 1 saturated carbocycles. The van der Waals surface area contributed by atoms with Gasteiger partial charge in [-0.25, -0.2) is 0 Å². The van der Waals surface area contributed by atoms with Crippen molar-refractivity contribution in [2.24, 2.45) is 5.92 Å². The molecule has 1 fully saturated rings. The first-order valence-electron chi connectivity index (χ1n) is 8.64. The number of anilines is 1. The molecule has 0 unspecified atom stereocenters. The van der Waals surface area contributed by atoms with Gasteiger partial charge in [0, 0.05) is 18.2 Å². The third-order valence-electron chi connectivity index (χ3n) is 4.71. The summed E-state index contributed by atoms with van der Waals surface area (Å²) in [6.07, 6.45) is 2.82. The van der Waals surface area contributed by atoms with Gasteiger partial charge in [0.1, 0.15) is 0 Å². The molecule has 4 rings (SSSR count). The lowest BCUT2D eigenvalue weighted by Gasteiger charge is -2.04. The van der Waals surface area contributed by atoms with Crippen molar-refractivity contribution in [1.29, 1.82) is 0 Å². The Bertz CT molecular complexity index is 868. The van der Waals surface area contributed by atoms with E-state index in [9.17, 15) is 4.79 Å². The fourth-order valence-corrected chi connectivity index (χ4v) is 3.17. The second-order valence-electron chi connectivity index (χ2n) is 6.73. The minimum atomic E-state index is 0.0599. The average Bonchev–Trinajstić information content (AvgIpc) is 3.33. The first-order chi connectivity index (χ1) is 12.2. The Kier molecular flexibility index (Phi) is 4.10. The molecule has 0 radical (unpaired) electrons. The number of aryl methyl sites for hydroxylation is 1. The van der Waals surface area contributed by atoms with Gasteiger partial charge in [0.25, 0.3) is 0 Å². The van der Waals surface area contributed by atoms with Gasteiger partial charge in [-0.15, -0.1) is 0 Å². The Morgan fingerprint density at radius 1 is 1.12 bits per heavy atom. The van der Waals surface area contributed by atoms with Crippen LogP contribution in [0.25, 0.3) is 0 Å². The number of hydrogen-bond donors (Lipinski definition) is 1. The van der Waals surface area contributed by atoms with E-state index in [2.05, 4.69) is 53.7 Å². The Morgan fingerprint density at radius 3 is 2.64 bits per heavy atom. The maximum atomic E-state index is 12.4. The van der Waals surface area contributed by atoms with Gasteiger partial charge in [-0.05, 0) is 30.4 Å². The summed E-state index contributed by atoms with van der Waals surface area (Å²) in [6, 6.07) is 20.5. The van der Waals surface area contributed by atoms with E-state index in [1.165, 1.54) is 16.7 Å². The number of aromatic nitrogens is 2. The van der Waals surface area contributed by atoms with Gasteiger partial charge in [0.15, 0.2) is 5.82 Å². The maximum absolute atomic E-state index is 12.4. The van der Waals surface area contributed by atoms with E-state index in [0.717, 1.165) is 6.42 Å². The highest BCUT2D eigenvalue weighted by atomic mass is 16.2. The van der Waals surface area contributed by atoms with Gasteiger partial charge in [-0.2, -0.15) is 5.10 Å². The Morgan fingerprint density at radius 2 is 1.88 bits per heavy atom. The van der Waals surface area contributed by atoms with Gasteiger partial charge in [0.2, 0.25) is 5.91 Å². The summed E-state index contributed by atoms with van der Waals surface area (Å²) >= 11 is 0. The van der Waals surface area contributed by atoms with Crippen LogP contribution in [0.15, 0.2) is 66.9 Å². The van der Waals surface area contributed by atoms with Gasteiger partial charge < -0.3 is 5.32 Å². The lowest BCUT2D eigenvalue weighted by Crippen LogP contribution is -2.15. The number of carbonyl (C=O) groups is 1. The summed E-state index contributed by atoms with van der Waals surface area (Å²) in [7, 11) is 0. The maximum Gasteiger partial charge on any atom is 0.229 e. The van der Waals surface area contributed by atoms with Crippen molar-refractivity contribution in [1.82, 2.24) is 9.78 Å². The van der Waals surface area contributed by atoms with Crippen LogP contribution < -0.4 is 5.32 Å². The summed E-state index contributed by atoms with van der Waals surface area (Å²) in [5, 5.41) is 7.41. The molecule has 1 amide bonds. The highest BCUT2D eigenvalue weighted by Crippen LogP contribution is 2.47. The zero-order valence-corrected chi connectivity index (χ0v) is 14.2. The van der Waals surface area contributed by atoms with Crippen LogP contribution in [0.1, 0.15) is 29.0 Å². The first-order valence-corrected chi connectivity index (χ1v) is 8.64. The van der Waals surface area contributed by atoms with Crippen molar-refractivity contribution >= 4 is 11.7 Å². The fraction of sp³-hybridized carbons (Fsp3) is 0.238. The topological polar surface area (TPSA) is 46.9 Å². The van der Waals surface area contributed by atoms with Gasteiger partial charge in [-0.3, -0.25) is 9.48 Å². The Hall–Kier alpha value is -2.88. The van der Waals surface area contributed by atoms with E-state index in [1.807, 2.05) is 35.1 Å². The minimum absolute atomic E-state index is 0.0599. The number of hydrogen-bond acceptors (Lipinski definition) is 2. The zero-order chi connectivity index (χ0) is 17.2. The molecule has 2 atom stereocenters. The van der Waals surface area contributed by atoms with Crippen LogP contribution in [-0.4, -0.2) is 15.7 Å². The summed E-state index contributed by atoms with van der Waals surface area (Å²) in [5.74, 6) is 1.09. The molecule has 1 aromatic heterocycles. The van der Waals surface area contributed by atoms with Crippen LogP contribution >= 0.6 is 0 Å². The highest BCUT2D eigenvalue weighted by Gasteiger charge is 2.43. The van der Waals surface area contributed by atoms with Crippen LogP contribution in [0.4, 0.5) is 5.82 Å². The van der Waals surface area contributed by atoms with Gasteiger partial charge in [0.05, 0.1) is 6.54 Å². The summed E-state index contributed by atoms with van der Waals surface area (Å²) in [6.45, 7) is 2.78. The molecule has 1 heterocycles. The fourth-order valence-electron chi connectivity index (χ4n) is 3.17. The monoisotopic (exact) mass is 331 g/mol. The van der Waals surface area contributed by atoms with Crippen LogP contribution in [-0.2, 0) is 11.3 Å². The van der Waals surface area contributed by atoms with E-state index >= 15 is 0 Å². The summed E-state index contributed by atoms with van der Waals surface area (Å²) in [5.41, 5.74) is 3.68. The molecule has 0 spiro atoms. The third kappa shape index (κ3) is 3.63. The molecule has 4 heteroatoms. The largest absolute Gasteiger partial charge is 0.309 e. The predicted molar refractivity (Wildman–Crippen MR) is 98.4 cm³/mol. The molecule has 0 aliphatic heterocycles. The van der Waals surface area contributed by atoms with Crippen molar-refractivity contribution in [3.63, 3.8) is 0 Å². The van der Waals surface area contributed by atoms with E-state index in [4.69, 9.17) is 0 Å². The molecule has 2 aromatic carbocycles. The van der Waals surface area contributed by atoms with Crippen LogP contribution in [0.3, 0.4) is 0 Å². The Labute approximate surface area is 147 Å². The Balaban J connectivity index is 1.35. The van der Waals surface area contributed by atoms with Crippen LogP contribution in [0, 0.1) is 12.8 Å². The number of amides is 1. The molecule has 1 aliphatic rings. The number of rotatable bonds is 5. The van der Waals surface area contributed by atoms with Crippen molar-refractivity contribution in [3.05, 3.63) is 83.6 Å². The minimum Gasteiger partial charge on any atom is -0.309 e. The standard InChI is InChI=1S/C21H21N3O/c1-15-7-9-16(10-8-15)14-24-12-11-20(23-24)22-21(25)19-13-18(19)17-5-3-2-4-6-17/h2-12,18-19H,13-14H2,1H3,(H,22,23,25)/t18-,19-/m0/s1. The molecular formula is C21H21N3O. The van der Waals surface area contributed by atoms with E-state index < -0.39 is 0 Å². The lowest BCUT2D eigenvalue weighted by molar-refractivity contribution is -0.117. The SMILES string of the molecule is Cc1ccc(Cn2ccc(NC(=O)[C@H]3C[C@H]3c3ccccc3)n2)cc1. The molecule has 1 aliphatic carbocycles. The molecule has 126 valence electrons. The molecule has 25 heavy (non-hydrogen) atoms. The van der Waals surface area contributed by atoms with E-state index in [0.29, 0.717) is 18.3 Å². The number of benzene rings is 2. The predicted octanol–water partition coefficient (Wildman–Crippen LogP) is 3.98. The molecule has 3 aromatic rings. The van der Waals surface area contributed by atoms with Crippen molar-refractivity contribution < 1.29 is 4.79 Å². The molecular weight excluding hydrogens is 310 g/mol. The number of nitrogens with one attached hydrogen (secondary N) is 1. The quantitative estimate of drug-likeness (QED) is 0.768. The second kappa shape index (κ2) is 6.55. The van der Waals surface area contributed by atoms with Crippen LogP contribution in [0.2, 0.25) is 0 Å². The van der Waals surface area contributed by atoms with Gasteiger partial charge >= 0.3 is 0 Å². The average molecular weight is 331 g/mol. The van der Waals surface area contributed by atoms with Crippen molar-refractivity contribution in [2.75, 3.05) is 5.32 Å². The third-order valence-corrected chi connectivity index (χ3v) is 4.71. The molecule has 0 bridgehead atoms. The van der Waals surface area contributed by atoms with Gasteiger partial charge in [-0.1, -0.05) is 60.2 Å². The summed E-state index contributed by atoms with van der Waals surface area (Å²) in [4.78, 5) is 12.4. The van der Waals surface area contributed by atoms with Crippen molar-refractivity contribution in [2.45, 2.75) is 25.8 Å². The van der Waals surface area contributed by atoms with E-state index in [-0.39, 0.29) is 11.8 Å². The smallest absolute Gasteiger partial charge is 0.229 e. The molecule has 1 N–H and O–H groups in total. The number of carbonyl (C=O) groups excluding carboxylic acids is 1. The zero-order valence-electron chi connectivity index (χ0n) is 14.2. The highest BCUT2D eigenvalue weighted by molar-refractivity contribution is 5.94. The first kappa shape index (κ1) is 15.6. The number of nitrogens with zero attached hydrogens (tertiary/aromatic N) is 2. The normalized spacial score (nSPS) is 18.8. The van der Waals surface area contributed by atoms with Crippen molar-refractivity contribution in [3.8, 4) is 0 Å². The van der Waals surface area contributed by atoms with E-state index in [1.54, 1.807) is 0 Å². The molecule has 0 saturated heterocycles. The molecule has 4 nitrogen and oxygen atoms in total.